The molecule has 0 aromatic heterocycles. The Hall–Kier alpha value is -2.33. The third-order valence-corrected chi connectivity index (χ3v) is 2.89. The minimum Gasteiger partial charge on any atom is -0.478 e. The van der Waals surface area contributed by atoms with Crippen LogP contribution in [0.3, 0.4) is 0 Å². The lowest BCUT2D eigenvalue weighted by molar-refractivity contribution is 0.0696. The largest absolute Gasteiger partial charge is 0.478 e. The van der Waals surface area contributed by atoms with Gasteiger partial charge in [-0.2, -0.15) is 0 Å². The Labute approximate surface area is 118 Å². The van der Waals surface area contributed by atoms with Gasteiger partial charge in [-0.15, -0.1) is 0 Å². The van der Waals surface area contributed by atoms with Crippen LogP contribution < -0.4 is 5.48 Å². The van der Waals surface area contributed by atoms with Crippen molar-refractivity contribution in [2.24, 2.45) is 0 Å². The number of carbonyl (C=O) groups is 1. The highest BCUT2D eigenvalue weighted by Crippen LogP contribution is 2.14. The van der Waals surface area contributed by atoms with Gasteiger partial charge in [0, 0.05) is 0 Å². The van der Waals surface area contributed by atoms with Gasteiger partial charge in [0.1, 0.15) is 0 Å². The zero-order valence-electron chi connectivity index (χ0n) is 11.1. The average Bonchev–Trinajstić information content (AvgIpc) is 2.48. The average molecular weight is 271 g/mol. The highest BCUT2D eigenvalue weighted by atomic mass is 16.6. The maximum atomic E-state index is 11.0. The normalized spacial score (nSPS) is 10.2. The zero-order valence-corrected chi connectivity index (χ0v) is 11.1. The van der Waals surface area contributed by atoms with Gasteiger partial charge in [0.05, 0.1) is 17.9 Å². The Balaban J connectivity index is 1.75. The van der Waals surface area contributed by atoms with Crippen LogP contribution >= 0.6 is 0 Å². The van der Waals surface area contributed by atoms with Crippen LogP contribution in [0.4, 0.5) is 5.69 Å². The molecule has 0 unspecified atom stereocenters. The van der Waals surface area contributed by atoms with Crippen LogP contribution in [0.1, 0.15) is 22.3 Å². The van der Waals surface area contributed by atoms with E-state index in [1.165, 1.54) is 11.6 Å². The molecule has 0 saturated heterocycles. The molecule has 20 heavy (non-hydrogen) atoms. The predicted octanol–water partition coefficient (Wildman–Crippen LogP) is 3.36. The second-order valence-corrected chi connectivity index (χ2v) is 4.39. The van der Waals surface area contributed by atoms with E-state index in [1.54, 1.807) is 18.2 Å². The molecular weight excluding hydrogens is 254 g/mol. The van der Waals surface area contributed by atoms with Crippen LogP contribution in [-0.4, -0.2) is 17.7 Å². The standard InChI is InChI=1S/C16H17NO3/c18-16(19)14-10-4-5-11-15(14)17-20-12-6-9-13-7-2-1-3-8-13/h1-5,7-8,10-11,17H,6,9,12H2,(H,18,19). The topological polar surface area (TPSA) is 58.6 Å². The van der Waals surface area contributed by atoms with E-state index >= 15 is 0 Å². The molecule has 2 N–H and O–H groups in total. The number of carboxylic acids is 1. The van der Waals surface area contributed by atoms with Gasteiger partial charge < -0.3 is 5.11 Å². The number of carboxylic acid groups (broad SMARTS) is 1. The number of benzene rings is 2. The van der Waals surface area contributed by atoms with Crippen molar-refractivity contribution in [1.82, 2.24) is 0 Å². The summed E-state index contributed by atoms with van der Waals surface area (Å²) in [6, 6.07) is 16.8. The molecule has 0 aliphatic heterocycles. The summed E-state index contributed by atoms with van der Waals surface area (Å²) in [5, 5.41) is 9.02. The molecule has 0 radical (unpaired) electrons. The quantitative estimate of drug-likeness (QED) is 0.599. The predicted molar refractivity (Wildman–Crippen MR) is 77.7 cm³/mol. The molecule has 2 rings (SSSR count). The molecule has 4 nitrogen and oxygen atoms in total. The van der Waals surface area contributed by atoms with Crippen LogP contribution in [-0.2, 0) is 11.3 Å². The van der Waals surface area contributed by atoms with Crippen LogP contribution in [0.2, 0.25) is 0 Å². The van der Waals surface area contributed by atoms with Crippen molar-refractivity contribution in [3.63, 3.8) is 0 Å². The maximum absolute atomic E-state index is 11.0. The van der Waals surface area contributed by atoms with Crippen molar-refractivity contribution in [3.05, 3.63) is 65.7 Å². The first-order valence-corrected chi connectivity index (χ1v) is 6.51. The third kappa shape index (κ3) is 4.10. The van der Waals surface area contributed by atoms with Crippen molar-refractivity contribution in [3.8, 4) is 0 Å². The van der Waals surface area contributed by atoms with Crippen molar-refractivity contribution in [1.29, 1.82) is 0 Å². The minimum absolute atomic E-state index is 0.204. The van der Waals surface area contributed by atoms with E-state index in [0.717, 1.165) is 12.8 Å². The summed E-state index contributed by atoms with van der Waals surface area (Å²) >= 11 is 0. The van der Waals surface area contributed by atoms with Gasteiger partial charge in [-0.3, -0.25) is 10.3 Å². The molecule has 0 saturated carbocycles. The van der Waals surface area contributed by atoms with E-state index < -0.39 is 5.97 Å². The number of aryl methyl sites for hydroxylation is 1. The molecule has 0 bridgehead atoms. The molecule has 4 heteroatoms. The van der Waals surface area contributed by atoms with Gasteiger partial charge in [-0.05, 0) is 30.5 Å². The number of anilines is 1. The van der Waals surface area contributed by atoms with Gasteiger partial charge >= 0.3 is 5.97 Å². The van der Waals surface area contributed by atoms with Gasteiger partial charge in [0.15, 0.2) is 0 Å². The molecule has 104 valence electrons. The fourth-order valence-electron chi connectivity index (χ4n) is 1.88. The van der Waals surface area contributed by atoms with Crippen LogP contribution in [0.5, 0.6) is 0 Å². The van der Waals surface area contributed by atoms with Gasteiger partial charge in [-0.25, -0.2) is 4.79 Å². The molecule has 2 aromatic carbocycles. The van der Waals surface area contributed by atoms with Gasteiger partial charge in [-0.1, -0.05) is 42.5 Å². The Morgan fingerprint density at radius 1 is 1.05 bits per heavy atom. The number of aromatic carboxylic acids is 1. The summed E-state index contributed by atoms with van der Waals surface area (Å²) < 4.78 is 0. The third-order valence-electron chi connectivity index (χ3n) is 2.89. The van der Waals surface area contributed by atoms with E-state index in [2.05, 4.69) is 17.6 Å². The fourth-order valence-corrected chi connectivity index (χ4v) is 1.88. The first kappa shape index (κ1) is 14.1. The molecule has 0 aliphatic carbocycles. The van der Waals surface area contributed by atoms with Crippen LogP contribution in [0.25, 0.3) is 0 Å². The van der Waals surface area contributed by atoms with E-state index in [9.17, 15) is 4.79 Å². The smallest absolute Gasteiger partial charge is 0.337 e. The summed E-state index contributed by atoms with van der Waals surface area (Å²) in [6.45, 7) is 0.517. The second-order valence-electron chi connectivity index (χ2n) is 4.39. The number of para-hydroxylation sites is 1. The molecule has 2 aromatic rings. The lowest BCUT2D eigenvalue weighted by atomic mass is 10.1. The summed E-state index contributed by atoms with van der Waals surface area (Å²) in [7, 11) is 0. The lowest BCUT2D eigenvalue weighted by Gasteiger charge is -2.09. The number of rotatable bonds is 7. The summed E-state index contributed by atoms with van der Waals surface area (Å²) in [5.41, 5.74) is 4.64. The molecular formula is C16H17NO3. The fraction of sp³-hybridized carbons (Fsp3) is 0.188. The molecule has 0 atom stereocenters. The Morgan fingerprint density at radius 3 is 2.50 bits per heavy atom. The zero-order chi connectivity index (χ0) is 14.2. The van der Waals surface area contributed by atoms with Crippen molar-refractivity contribution in [2.75, 3.05) is 12.1 Å². The highest BCUT2D eigenvalue weighted by molar-refractivity contribution is 5.93. The Morgan fingerprint density at radius 2 is 1.75 bits per heavy atom. The van der Waals surface area contributed by atoms with Crippen molar-refractivity contribution < 1.29 is 14.7 Å². The van der Waals surface area contributed by atoms with Crippen molar-refractivity contribution in [2.45, 2.75) is 12.8 Å². The monoisotopic (exact) mass is 271 g/mol. The Bertz CT molecular complexity index is 555. The molecule has 0 aliphatic rings. The first-order chi connectivity index (χ1) is 9.77. The SMILES string of the molecule is O=C(O)c1ccccc1NOCCCc1ccccc1. The summed E-state index contributed by atoms with van der Waals surface area (Å²) in [5.74, 6) is -0.971. The number of hydrogen-bond acceptors (Lipinski definition) is 3. The summed E-state index contributed by atoms with van der Waals surface area (Å²) in [6.07, 6.45) is 1.80. The molecule has 0 fully saturated rings. The molecule has 0 amide bonds. The Kier molecular flexibility index (Phi) is 5.15. The first-order valence-electron chi connectivity index (χ1n) is 6.51. The van der Waals surface area contributed by atoms with Gasteiger partial charge in [0.2, 0.25) is 0 Å². The summed E-state index contributed by atoms with van der Waals surface area (Å²) in [4.78, 5) is 16.3. The van der Waals surface area contributed by atoms with E-state index in [4.69, 9.17) is 9.94 Å². The highest BCUT2D eigenvalue weighted by Gasteiger charge is 2.08. The minimum atomic E-state index is -0.971. The molecule has 0 heterocycles. The van der Waals surface area contributed by atoms with E-state index in [-0.39, 0.29) is 5.56 Å². The van der Waals surface area contributed by atoms with E-state index in [1.807, 2.05) is 18.2 Å². The number of hydrogen-bond donors (Lipinski definition) is 2. The molecule has 0 spiro atoms. The van der Waals surface area contributed by atoms with Crippen molar-refractivity contribution >= 4 is 11.7 Å². The van der Waals surface area contributed by atoms with E-state index in [0.29, 0.717) is 12.3 Å². The second kappa shape index (κ2) is 7.31. The van der Waals surface area contributed by atoms with Crippen LogP contribution in [0.15, 0.2) is 54.6 Å². The van der Waals surface area contributed by atoms with Crippen LogP contribution in [0, 0.1) is 0 Å². The maximum Gasteiger partial charge on any atom is 0.337 e. The number of nitrogens with one attached hydrogen (secondary N) is 1. The van der Waals surface area contributed by atoms with Gasteiger partial charge in [0.25, 0.3) is 0 Å². The lowest BCUT2D eigenvalue weighted by Crippen LogP contribution is -2.08.